The molecular weight excluding hydrogens is 351 g/mol. The second-order valence-corrected chi connectivity index (χ2v) is 6.19. The molecule has 0 aliphatic carbocycles. The van der Waals surface area contributed by atoms with E-state index >= 15 is 0 Å². The summed E-state index contributed by atoms with van der Waals surface area (Å²) in [6.07, 6.45) is 0. The number of thiophene rings is 1. The van der Waals surface area contributed by atoms with Crippen molar-refractivity contribution < 1.29 is 4.74 Å². The van der Waals surface area contributed by atoms with Crippen LogP contribution in [0.15, 0.2) is 41.8 Å². The van der Waals surface area contributed by atoms with Crippen LogP contribution in [0.25, 0.3) is 0 Å². The van der Waals surface area contributed by atoms with E-state index < -0.39 is 0 Å². The molecule has 1 aromatic carbocycles. The lowest BCUT2D eigenvalue weighted by Gasteiger charge is -2.34. The smallest absolute Gasteiger partial charge is 0.119 e. The van der Waals surface area contributed by atoms with Gasteiger partial charge in [-0.15, -0.1) is 36.2 Å². The van der Waals surface area contributed by atoms with Crippen molar-refractivity contribution in [2.45, 2.75) is 13.0 Å². The van der Waals surface area contributed by atoms with Crippen LogP contribution in [0, 0.1) is 0 Å². The summed E-state index contributed by atoms with van der Waals surface area (Å²) in [7, 11) is 0. The van der Waals surface area contributed by atoms with Gasteiger partial charge in [0.05, 0.1) is 12.6 Å². The minimum atomic E-state index is 0. The first kappa shape index (κ1) is 20.3. The van der Waals surface area contributed by atoms with Crippen molar-refractivity contribution in [1.29, 1.82) is 0 Å². The normalized spacial score (nSPS) is 16.0. The van der Waals surface area contributed by atoms with Gasteiger partial charge in [0.15, 0.2) is 0 Å². The molecule has 3 rings (SSSR count). The van der Waals surface area contributed by atoms with Gasteiger partial charge in [0.25, 0.3) is 0 Å². The number of piperazine rings is 1. The average Bonchev–Trinajstić information content (AvgIpc) is 3.05. The molecule has 2 heterocycles. The summed E-state index contributed by atoms with van der Waals surface area (Å²) in [6, 6.07) is 13.3. The zero-order chi connectivity index (χ0) is 14.5. The van der Waals surface area contributed by atoms with Crippen LogP contribution in [0.2, 0.25) is 0 Å². The van der Waals surface area contributed by atoms with Crippen molar-refractivity contribution in [3.8, 4) is 5.75 Å². The lowest BCUT2D eigenvalue weighted by Crippen LogP contribution is -2.45. The van der Waals surface area contributed by atoms with Crippen LogP contribution in [-0.2, 0) is 0 Å². The average molecular weight is 375 g/mol. The minimum absolute atomic E-state index is 0. The molecule has 1 N–H and O–H groups in total. The number of hydrogen-bond acceptors (Lipinski definition) is 4. The van der Waals surface area contributed by atoms with E-state index in [9.17, 15) is 0 Å². The van der Waals surface area contributed by atoms with E-state index in [4.69, 9.17) is 4.74 Å². The highest BCUT2D eigenvalue weighted by atomic mass is 35.5. The Hall–Kier alpha value is -0.780. The fourth-order valence-corrected chi connectivity index (χ4v) is 3.74. The first-order valence-electron chi connectivity index (χ1n) is 7.59. The van der Waals surface area contributed by atoms with E-state index in [0.717, 1.165) is 31.9 Å². The summed E-state index contributed by atoms with van der Waals surface area (Å²) < 4.78 is 5.56. The van der Waals surface area contributed by atoms with Crippen molar-refractivity contribution in [3.63, 3.8) is 0 Å². The van der Waals surface area contributed by atoms with Crippen molar-refractivity contribution in [2.75, 3.05) is 32.8 Å². The van der Waals surface area contributed by atoms with E-state index in [1.807, 2.05) is 18.3 Å². The highest BCUT2D eigenvalue weighted by molar-refractivity contribution is 7.10. The number of ether oxygens (including phenoxy) is 1. The Morgan fingerprint density at radius 1 is 1.13 bits per heavy atom. The fourth-order valence-electron chi connectivity index (χ4n) is 2.86. The Morgan fingerprint density at radius 3 is 2.39 bits per heavy atom. The second kappa shape index (κ2) is 10.2. The Morgan fingerprint density at radius 2 is 1.83 bits per heavy atom. The molecule has 1 aliphatic heterocycles. The molecule has 128 valence electrons. The first-order chi connectivity index (χ1) is 10.4. The second-order valence-electron chi connectivity index (χ2n) is 5.21. The number of nitrogens with zero attached hydrogens (tertiary/aromatic N) is 1. The van der Waals surface area contributed by atoms with Gasteiger partial charge in [0, 0.05) is 31.1 Å². The van der Waals surface area contributed by atoms with Crippen LogP contribution in [0.3, 0.4) is 0 Å². The van der Waals surface area contributed by atoms with E-state index in [0.29, 0.717) is 12.6 Å². The molecule has 2 aromatic rings. The number of benzene rings is 1. The quantitative estimate of drug-likeness (QED) is 0.856. The van der Waals surface area contributed by atoms with Gasteiger partial charge in [-0.25, -0.2) is 0 Å². The molecule has 0 saturated carbocycles. The van der Waals surface area contributed by atoms with Crippen LogP contribution >= 0.6 is 36.2 Å². The van der Waals surface area contributed by atoms with Gasteiger partial charge in [0.2, 0.25) is 0 Å². The van der Waals surface area contributed by atoms with Crippen LogP contribution in [-0.4, -0.2) is 37.7 Å². The van der Waals surface area contributed by atoms with Gasteiger partial charge in [0.1, 0.15) is 5.75 Å². The number of nitrogens with one attached hydrogen (secondary N) is 1. The van der Waals surface area contributed by atoms with Crippen molar-refractivity contribution in [1.82, 2.24) is 10.2 Å². The predicted molar refractivity (Wildman–Crippen MR) is 103 cm³/mol. The third-order valence-corrected chi connectivity index (χ3v) is 4.76. The molecule has 1 aliphatic rings. The molecule has 0 bridgehead atoms. The fraction of sp³-hybridized carbons (Fsp3) is 0.412. The topological polar surface area (TPSA) is 24.5 Å². The summed E-state index contributed by atoms with van der Waals surface area (Å²) in [5, 5.41) is 5.60. The van der Waals surface area contributed by atoms with E-state index in [1.54, 1.807) is 0 Å². The predicted octanol–water partition coefficient (Wildman–Crippen LogP) is 3.99. The van der Waals surface area contributed by atoms with Crippen molar-refractivity contribution >= 4 is 36.2 Å². The third kappa shape index (κ3) is 5.10. The highest BCUT2D eigenvalue weighted by Gasteiger charge is 2.24. The monoisotopic (exact) mass is 374 g/mol. The van der Waals surface area contributed by atoms with Gasteiger partial charge < -0.3 is 10.1 Å². The summed E-state index contributed by atoms with van der Waals surface area (Å²) in [5.74, 6) is 0.950. The SMILES string of the molecule is CCOc1ccc([C@H](c2cccs2)N2CCNCC2)cc1.Cl.Cl. The summed E-state index contributed by atoms with van der Waals surface area (Å²) >= 11 is 1.84. The summed E-state index contributed by atoms with van der Waals surface area (Å²) in [4.78, 5) is 3.99. The van der Waals surface area contributed by atoms with Crippen molar-refractivity contribution in [2.24, 2.45) is 0 Å². The number of rotatable bonds is 5. The molecule has 1 saturated heterocycles. The maximum absolute atomic E-state index is 5.56. The van der Waals surface area contributed by atoms with Gasteiger partial charge in [-0.05, 0) is 36.1 Å². The van der Waals surface area contributed by atoms with Crippen LogP contribution in [0.5, 0.6) is 5.75 Å². The van der Waals surface area contributed by atoms with Crippen LogP contribution < -0.4 is 10.1 Å². The number of halogens is 2. The zero-order valence-electron chi connectivity index (χ0n) is 13.2. The largest absolute Gasteiger partial charge is 0.494 e. The molecule has 6 heteroatoms. The van der Waals surface area contributed by atoms with Crippen LogP contribution in [0.4, 0.5) is 0 Å². The van der Waals surface area contributed by atoms with Gasteiger partial charge in [-0.3, -0.25) is 4.90 Å². The summed E-state index contributed by atoms with van der Waals surface area (Å²) in [6.45, 7) is 7.05. The lowest BCUT2D eigenvalue weighted by atomic mass is 10.0. The molecule has 23 heavy (non-hydrogen) atoms. The maximum Gasteiger partial charge on any atom is 0.119 e. The Labute approximate surface area is 154 Å². The van der Waals surface area contributed by atoms with E-state index in [2.05, 4.69) is 52.0 Å². The molecule has 3 nitrogen and oxygen atoms in total. The molecule has 1 atom stereocenters. The Balaban J connectivity index is 0.00000132. The molecular formula is C17H24Cl2N2OS. The standard InChI is InChI=1S/C17H22N2OS.2ClH/c1-2-20-15-7-5-14(6-8-15)17(16-4-3-13-21-16)19-11-9-18-10-12-19;;/h3-8,13,17-18H,2,9-12H2,1H3;2*1H/t17-;;/m1../s1. The number of hydrogen-bond donors (Lipinski definition) is 1. The highest BCUT2D eigenvalue weighted by Crippen LogP contribution is 2.32. The Bertz CT molecular complexity index is 542. The van der Waals surface area contributed by atoms with Crippen molar-refractivity contribution in [3.05, 3.63) is 52.2 Å². The molecule has 0 unspecified atom stereocenters. The Kier molecular flexibility index (Phi) is 8.95. The van der Waals surface area contributed by atoms with E-state index in [1.165, 1.54) is 10.4 Å². The van der Waals surface area contributed by atoms with Gasteiger partial charge >= 0.3 is 0 Å². The molecule has 0 radical (unpaired) electrons. The lowest BCUT2D eigenvalue weighted by molar-refractivity contribution is 0.200. The molecule has 0 amide bonds. The molecule has 0 spiro atoms. The van der Waals surface area contributed by atoms with Gasteiger partial charge in [-0.1, -0.05) is 18.2 Å². The maximum atomic E-state index is 5.56. The first-order valence-corrected chi connectivity index (χ1v) is 8.47. The minimum Gasteiger partial charge on any atom is -0.494 e. The summed E-state index contributed by atoms with van der Waals surface area (Å²) in [5.41, 5.74) is 1.35. The molecule has 1 aromatic heterocycles. The third-order valence-electron chi connectivity index (χ3n) is 3.84. The van der Waals surface area contributed by atoms with Gasteiger partial charge in [-0.2, -0.15) is 0 Å². The molecule has 1 fully saturated rings. The van der Waals surface area contributed by atoms with E-state index in [-0.39, 0.29) is 24.8 Å². The zero-order valence-corrected chi connectivity index (χ0v) is 15.7. The van der Waals surface area contributed by atoms with Crippen LogP contribution in [0.1, 0.15) is 23.4 Å².